The second-order valence-corrected chi connectivity index (χ2v) is 7.80. The van der Waals surface area contributed by atoms with Crippen molar-refractivity contribution in [1.29, 1.82) is 0 Å². The molecule has 0 spiro atoms. The third-order valence-corrected chi connectivity index (χ3v) is 5.91. The van der Waals surface area contributed by atoms with Gasteiger partial charge in [0.15, 0.2) is 0 Å². The van der Waals surface area contributed by atoms with Gasteiger partial charge in [-0.25, -0.2) is 4.79 Å². The number of aliphatic carboxylic acids is 2. The molecular weight excluding hydrogens is 324 g/mol. The first-order valence-electron chi connectivity index (χ1n) is 7.39. The number of ketones is 1. The molecule has 0 bridgehead atoms. The average Bonchev–Trinajstić information content (AvgIpc) is 2.73. The first-order valence-corrected chi connectivity index (χ1v) is 8.27. The highest BCUT2D eigenvalue weighted by molar-refractivity contribution is 8.01. The number of amides is 1. The number of fused-ring (bicyclic) bond motifs is 1. The summed E-state index contributed by atoms with van der Waals surface area (Å²) in [5.74, 6) is -2.56. The highest BCUT2D eigenvalue weighted by Gasteiger charge is 2.64. The number of carbonyl (C=O) groups is 4. The van der Waals surface area contributed by atoms with E-state index in [1.165, 1.54) is 16.7 Å². The number of unbranched alkanes of at least 4 members (excludes halogenated alkanes) is 1. The monoisotopic (exact) mass is 344 g/mol. The molecular formula is C14H20N2O6S. The molecule has 2 aliphatic heterocycles. The van der Waals surface area contributed by atoms with E-state index >= 15 is 0 Å². The van der Waals surface area contributed by atoms with Gasteiger partial charge in [0.25, 0.3) is 0 Å². The molecule has 4 atom stereocenters. The van der Waals surface area contributed by atoms with Gasteiger partial charge >= 0.3 is 11.9 Å². The SMILES string of the molecule is CC1(CC(=O)CCCCC(=O)O)S[C@@H]2[C@H](N)C(=O)N2[C@H]1C(=O)O. The van der Waals surface area contributed by atoms with E-state index in [0.29, 0.717) is 12.8 Å². The highest BCUT2D eigenvalue weighted by Crippen LogP contribution is 2.52. The Bertz CT molecular complexity index is 553. The Kier molecular flexibility index (Phi) is 5.00. The van der Waals surface area contributed by atoms with Crippen LogP contribution < -0.4 is 5.73 Å². The van der Waals surface area contributed by atoms with Crippen molar-refractivity contribution in [3.8, 4) is 0 Å². The lowest BCUT2D eigenvalue weighted by atomic mass is 9.89. The van der Waals surface area contributed by atoms with Crippen LogP contribution in [0.1, 0.15) is 39.0 Å². The molecule has 4 N–H and O–H groups in total. The molecule has 8 nitrogen and oxygen atoms in total. The van der Waals surface area contributed by atoms with E-state index in [0.717, 1.165) is 0 Å². The summed E-state index contributed by atoms with van der Waals surface area (Å²) in [5.41, 5.74) is 5.70. The summed E-state index contributed by atoms with van der Waals surface area (Å²) in [5, 5.41) is 17.6. The number of nitrogens with zero attached hydrogens (tertiary/aromatic N) is 1. The van der Waals surface area contributed by atoms with Crippen molar-refractivity contribution in [2.45, 2.75) is 61.2 Å². The highest BCUT2D eigenvalue weighted by atomic mass is 32.2. The Hall–Kier alpha value is -1.61. The second kappa shape index (κ2) is 6.48. The normalized spacial score (nSPS) is 32.3. The lowest BCUT2D eigenvalue weighted by Gasteiger charge is -2.41. The van der Waals surface area contributed by atoms with Crippen LogP contribution in [0.25, 0.3) is 0 Å². The minimum absolute atomic E-state index is 0.0102. The van der Waals surface area contributed by atoms with Gasteiger partial charge < -0.3 is 20.8 Å². The molecule has 2 aliphatic rings. The Morgan fingerprint density at radius 2 is 1.87 bits per heavy atom. The van der Waals surface area contributed by atoms with Gasteiger partial charge in [0.2, 0.25) is 5.91 Å². The zero-order chi connectivity index (χ0) is 17.4. The number of carbonyl (C=O) groups excluding carboxylic acids is 2. The topological polar surface area (TPSA) is 138 Å². The molecule has 0 radical (unpaired) electrons. The summed E-state index contributed by atoms with van der Waals surface area (Å²) >= 11 is 1.27. The number of hydrogen-bond donors (Lipinski definition) is 3. The fraction of sp³-hybridized carbons (Fsp3) is 0.714. The molecule has 2 fully saturated rings. The van der Waals surface area contributed by atoms with E-state index in [4.69, 9.17) is 10.8 Å². The van der Waals surface area contributed by atoms with Gasteiger partial charge in [-0.1, -0.05) is 0 Å². The minimum atomic E-state index is -1.14. The first kappa shape index (κ1) is 17.7. The Labute approximate surface area is 137 Å². The Morgan fingerprint density at radius 1 is 1.26 bits per heavy atom. The molecule has 1 unspecified atom stereocenters. The molecule has 2 rings (SSSR count). The van der Waals surface area contributed by atoms with Crippen molar-refractivity contribution >= 4 is 35.4 Å². The molecule has 23 heavy (non-hydrogen) atoms. The van der Waals surface area contributed by atoms with Crippen LogP contribution >= 0.6 is 11.8 Å². The van der Waals surface area contributed by atoms with Gasteiger partial charge in [-0.3, -0.25) is 14.4 Å². The van der Waals surface area contributed by atoms with Crippen LogP contribution in [-0.4, -0.2) is 60.9 Å². The number of carboxylic acids is 2. The van der Waals surface area contributed by atoms with E-state index < -0.39 is 40.1 Å². The lowest BCUT2D eigenvalue weighted by Crippen LogP contribution is -2.68. The van der Waals surface area contributed by atoms with Crippen LogP contribution in [0.3, 0.4) is 0 Å². The van der Waals surface area contributed by atoms with Gasteiger partial charge in [0, 0.05) is 19.3 Å². The molecule has 0 aliphatic carbocycles. The fourth-order valence-corrected chi connectivity index (χ4v) is 4.89. The van der Waals surface area contributed by atoms with Crippen LogP contribution in [0, 0.1) is 0 Å². The van der Waals surface area contributed by atoms with Crippen LogP contribution in [0.4, 0.5) is 0 Å². The first-order chi connectivity index (χ1) is 10.7. The minimum Gasteiger partial charge on any atom is -0.481 e. The number of Topliss-reactive ketones (excluding diaryl/α,β-unsaturated/α-hetero) is 1. The summed E-state index contributed by atoms with van der Waals surface area (Å²) in [6.45, 7) is 1.67. The number of carboxylic acid groups (broad SMARTS) is 2. The standard InChI is InChI=1S/C14H20N2O6S/c1-14(6-7(17)4-2-3-5-8(18)19)10(13(21)22)16-11(20)9(15)12(16)23-14/h9-10,12H,2-6,15H2,1H3,(H,18,19)(H,21,22)/t9-,10+,12-,14?/m1/s1. The van der Waals surface area contributed by atoms with Crippen molar-refractivity contribution in [2.75, 3.05) is 0 Å². The number of hydrogen-bond acceptors (Lipinski definition) is 6. The number of β-lactam (4-membered cyclic amide) rings is 1. The van der Waals surface area contributed by atoms with Crippen LogP contribution in [-0.2, 0) is 19.2 Å². The van der Waals surface area contributed by atoms with Crippen molar-refractivity contribution < 1.29 is 29.4 Å². The zero-order valence-corrected chi connectivity index (χ0v) is 13.5. The fourth-order valence-electron chi connectivity index (χ4n) is 3.15. The predicted octanol–water partition coefficient (Wildman–Crippen LogP) is 0.0449. The van der Waals surface area contributed by atoms with Gasteiger partial charge in [-0.15, -0.1) is 11.8 Å². The van der Waals surface area contributed by atoms with Gasteiger partial charge in [-0.05, 0) is 19.8 Å². The molecule has 0 aromatic carbocycles. The third kappa shape index (κ3) is 3.35. The zero-order valence-electron chi connectivity index (χ0n) is 12.7. The van der Waals surface area contributed by atoms with E-state index in [1.807, 2.05) is 0 Å². The van der Waals surface area contributed by atoms with Crippen molar-refractivity contribution in [3.05, 3.63) is 0 Å². The molecule has 0 aromatic rings. The van der Waals surface area contributed by atoms with E-state index in [2.05, 4.69) is 0 Å². The maximum atomic E-state index is 12.1. The predicted molar refractivity (Wildman–Crippen MR) is 81.8 cm³/mol. The van der Waals surface area contributed by atoms with Gasteiger partial charge in [0.1, 0.15) is 23.2 Å². The summed E-state index contributed by atoms with van der Waals surface area (Å²) in [6, 6.07) is -1.78. The van der Waals surface area contributed by atoms with Crippen molar-refractivity contribution in [1.82, 2.24) is 4.90 Å². The summed E-state index contributed by atoms with van der Waals surface area (Å²) in [7, 11) is 0. The van der Waals surface area contributed by atoms with Gasteiger partial charge in [0.05, 0.1) is 4.75 Å². The number of rotatable bonds is 8. The lowest BCUT2D eigenvalue weighted by molar-refractivity contribution is -0.159. The van der Waals surface area contributed by atoms with Crippen LogP contribution in [0.2, 0.25) is 0 Å². The maximum Gasteiger partial charge on any atom is 0.327 e. The molecule has 128 valence electrons. The van der Waals surface area contributed by atoms with Crippen LogP contribution in [0.5, 0.6) is 0 Å². The molecule has 9 heteroatoms. The number of thioether (sulfide) groups is 1. The Morgan fingerprint density at radius 3 is 2.43 bits per heavy atom. The average molecular weight is 344 g/mol. The van der Waals surface area contributed by atoms with Crippen molar-refractivity contribution in [2.24, 2.45) is 5.73 Å². The summed E-state index contributed by atoms with van der Waals surface area (Å²) in [4.78, 5) is 47.2. The maximum absolute atomic E-state index is 12.1. The summed E-state index contributed by atoms with van der Waals surface area (Å²) in [6.07, 6.45) is 1.10. The molecule has 0 saturated carbocycles. The summed E-state index contributed by atoms with van der Waals surface area (Å²) < 4.78 is -0.913. The van der Waals surface area contributed by atoms with E-state index in [-0.39, 0.29) is 25.0 Å². The quantitative estimate of drug-likeness (QED) is 0.414. The van der Waals surface area contributed by atoms with Crippen molar-refractivity contribution in [3.63, 3.8) is 0 Å². The van der Waals surface area contributed by atoms with Crippen LogP contribution in [0.15, 0.2) is 0 Å². The third-order valence-electron chi connectivity index (χ3n) is 4.25. The smallest absolute Gasteiger partial charge is 0.327 e. The molecule has 2 heterocycles. The molecule has 2 saturated heterocycles. The largest absolute Gasteiger partial charge is 0.481 e. The molecule has 1 amide bonds. The molecule has 0 aromatic heterocycles. The Balaban J connectivity index is 1.97. The second-order valence-electron chi connectivity index (χ2n) is 6.15. The van der Waals surface area contributed by atoms with E-state index in [9.17, 15) is 24.3 Å². The van der Waals surface area contributed by atoms with Gasteiger partial charge in [-0.2, -0.15) is 0 Å². The number of nitrogens with two attached hydrogens (primary N) is 1. The van der Waals surface area contributed by atoms with E-state index in [1.54, 1.807) is 6.92 Å².